The predicted octanol–water partition coefficient (Wildman–Crippen LogP) is 4.92. The van der Waals surface area contributed by atoms with Crippen LogP contribution in [-0.4, -0.2) is 86.1 Å². The molecule has 1 atom stereocenters. The molecule has 2 saturated heterocycles. The summed E-state index contributed by atoms with van der Waals surface area (Å²) in [5.74, 6) is 1.24. The van der Waals surface area contributed by atoms with E-state index in [1.165, 1.54) is 17.7 Å². The van der Waals surface area contributed by atoms with E-state index in [-0.39, 0.29) is 19.1 Å². The molecule has 6 rings (SSSR count). The Balaban J connectivity index is 1.11. The smallest absolute Gasteiger partial charge is 0.357 e. The highest BCUT2D eigenvalue weighted by Gasteiger charge is 2.35. The number of alkyl halides is 3. The Morgan fingerprint density at radius 3 is 2.55 bits per heavy atom. The number of pyridine rings is 1. The molecular weight excluding hydrogens is 547 g/mol. The maximum Gasteiger partial charge on any atom is 0.397 e. The van der Waals surface area contributed by atoms with E-state index in [2.05, 4.69) is 40.0 Å². The lowest BCUT2D eigenvalue weighted by Gasteiger charge is -2.38. The van der Waals surface area contributed by atoms with Gasteiger partial charge < -0.3 is 20.1 Å². The second-order valence-electron chi connectivity index (χ2n) is 10.8. The molecule has 10 nitrogen and oxygen atoms in total. The number of hydrogen-bond acceptors (Lipinski definition) is 8. The summed E-state index contributed by atoms with van der Waals surface area (Å²) < 4.78 is 37.8. The quantitative estimate of drug-likeness (QED) is 0.318. The average Bonchev–Trinajstić information content (AvgIpc) is 3.66. The number of aromatic nitrogens is 5. The zero-order chi connectivity index (χ0) is 29.3. The number of imidazole rings is 1. The van der Waals surface area contributed by atoms with Crippen LogP contribution in [0, 0.1) is 0 Å². The molecule has 220 valence electrons. The van der Waals surface area contributed by atoms with Gasteiger partial charge in [-0.2, -0.15) is 13.2 Å². The van der Waals surface area contributed by atoms with E-state index in [1.807, 2.05) is 43.3 Å². The van der Waals surface area contributed by atoms with E-state index in [0.717, 1.165) is 46.8 Å². The molecule has 42 heavy (non-hydrogen) atoms. The number of halogens is 3. The zero-order valence-corrected chi connectivity index (χ0v) is 23.2. The molecule has 1 unspecified atom stereocenters. The van der Waals surface area contributed by atoms with Crippen molar-refractivity contribution >= 4 is 34.5 Å². The van der Waals surface area contributed by atoms with Crippen LogP contribution in [0.4, 0.5) is 30.8 Å². The monoisotopic (exact) mass is 579 g/mol. The fourth-order valence-electron chi connectivity index (χ4n) is 5.60. The summed E-state index contributed by atoms with van der Waals surface area (Å²) in [6, 6.07) is 11.8. The maximum atomic E-state index is 12.6. The van der Waals surface area contributed by atoms with Crippen LogP contribution in [0.5, 0.6) is 0 Å². The zero-order valence-electron chi connectivity index (χ0n) is 23.2. The summed E-state index contributed by atoms with van der Waals surface area (Å²) in [5, 5.41) is 3.25. The molecule has 0 aliphatic carbocycles. The van der Waals surface area contributed by atoms with Crippen molar-refractivity contribution in [3.8, 4) is 11.3 Å². The number of anilines is 3. The Morgan fingerprint density at radius 1 is 1.00 bits per heavy atom. The van der Waals surface area contributed by atoms with E-state index in [1.54, 1.807) is 12.5 Å². The Morgan fingerprint density at radius 2 is 1.79 bits per heavy atom. The molecule has 1 aromatic carbocycles. The van der Waals surface area contributed by atoms with Crippen molar-refractivity contribution in [3.63, 3.8) is 0 Å². The van der Waals surface area contributed by atoms with Gasteiger partial charge in [0.1, 0.15) is 24.4 Å². The number of benzene rings is 1. The first kappa shape index (κ1) is 27.9. The van der Waals surface area contributed by atoms with Gasteiger partial charge in [-0.25, -0.2) is 19.9 Å². The minimum absolute atomic E-state index is 0.00929. The van der Waals surface area contributed by atoms with Gasteiger partial charge >= 0.3 is 6.18 Å². The fourth-order valence-corrected chi connectivity index (χ4v) is 5.60. The summed E-state index contributed by atoms with van der Waals surface area (Å²) in [5.41, 5.74) is 4.48. The van der Waals surface area contributed by atoms with Crippen molar-refractivity contribution < 1.29 is 18.0 Å². The third-order valence-corrected chi connectivity index (χ3v) is 7.94. The predicted molar refractivity (Wildman–Crippen MR) is 153 cm³/mol. The van der Waals surface area contributed by atoms with Gasteiger partial charge in [-0.15, -0.1) is 0 Å². The Kier molecular flexibility index (Phi) is 7.67. The normalized spacial score (nSPS) is 17.1. The highest BCUT2D eigenvalue weighted by atomic mass is 19.4. The summed E-state index contributed by atoms with van der Waals surface area (Å²) in [6.45, 7) is 5.60. The molecule has 1 amide bonds. The molecule has 5 heterocycles. The number of hydrogen-bond donors (Lipinski definition) is 2. The summed E-state index contributed by atoms with van der Waals surface area (Å²) in [4.78, 5) is 39.0. The van der Waals surface area contributed by atoms with Crippen LogP contribution in [0.2, 0.25) is 0 Å². The van der Waals surface area contributed by atoms with Crippen LogP contribution in [0.25, 0.3) is 22.3 Å². The molecule has 3 aromatic heterocycles. The van der Waals surface area contributed by atoms with E-state index >= 15 is 0 Å². The minimum Gasteiger partial charge on any atom is -0.357 e. The first-order chi connectivity index (χ1) is 20.2. The lowest BCUT2D eigenvalue weighted by Crippen LogP contribution is -2.50. The molecule has 2 aliphatic rings. The topological polar surface area (TPSA) is 106 Å². The molecular formula is C29H32F3N9O. The van der Waals surface area contributed by atoms with Crippen LogP contribution in [0.3, 0.4) is 0 Å². The Bertz CT molecular complexity index is 1560. The van der Waals surface area contributed by atoms with E-state index in [0.29, 0.717) is 24.9 Å². The van der Waals surface area contributed by atoms with Gasteiger partial charge in [0, 0.05) is 63.1 Å². The number of H-pyrrole nitrogens is 1. The maximum absolute atomic E-state index is 12.6. The summed E-state index contributed by atoms with van der Waals surface area (Å²) in [7, 11) is 0. The van der Waals surface area contributed by atoms with Gasteiger partial charge in [0.05, 0.1) is 16.7 Å². The van der Waals surface area contributed by atoms with Crippen LogP contribution >= 0.6 is 0 Å². The van der Waals surface area contributed by atoms with Gasteiger partial charge in [-0.05, 0) is 49.6 Å². The number of piperazine rings is 1. The van der Waals surface area contributed by atoms with Crippen molar-refractivity contribution in [2.75, 3.05) is 49.5 Å². The van der Waals surface area contributed by atoms with Gasteiger partial charge in [0.2, 0.25) is 11.9 Å². The number of nitrogens with one attached hydrogen (secondary N) is 2. The van der Waals surface area contributed by atoms with Crippen LogP contribution in [0.15, 0.2) is 48.9 Å². The number of amides is 1. The van der Waals surface area contributed by atoms with Crippen LogP contribution < -0.4 is 10.2 Å². The summed E-state index contributed by atoms with van der Waals surface area (Å²) >= 11 is 0. The number of nitrogens with zero attached hydrogens (tertiary/aromatic N) is 7. The lowest BCUT2D eigenvalue weighted by atomic mass is 10.1. The number of fused-ring (bicyclic) bond motifs is 1. The molecule has 2 fully saturated rings. The number of aromatic amines is 1. The van der Waals surface area contributed by atoms with E-state index < -0.39 is 18.5 Å². The standard InChI is InChI=1S/C29H32F3N9O/c1-19(39-10-12-41(13-11-39)27(42)17-29(30,31)32)20-6-7-33-25(15-20)38-28-36-22-5-4-21(14-24(22)37-28)23-16-26(35-18-34-23)40-8-2-3-9-40/h4-7,14-16,18-19H,2-3,8-13,17H2,1H3,(H2,33,36,37,38). The number of carbonyl (C=O) groups excluding carboxylic acids is 1. The first-order valence-corrected chi connectivity index (χ1v) is 14.1. The molecule has 0 spiro atoms. The Hall–Kier alpha value is -4.26. The molecule has 0 bridgehead atoms. The highest BCUT2D eigenvalue weighted by Crippen LogP contribution is 2.28. The highest BCUT2D eigenvalue weighted by molar-refractivity contribution is 5.83. The van der Waals surface area contributed by atoms with Gasteiger partial charge in [-0.3, -0.25) is 9.69 Å². The largest absolute Gasteiger partial charge is 0.397 e. The van der Waals surface area contributed by atoms with E-state index in [4.69, 9.17) is 0 Å². The van der Waals surface area contributed by atoms with Gasteiger partial charge in [0.15, 0.2) is 0 Å². The second-order valence-corrected chi connectivity index (χ2v) is 10.8. The second kappa shape index (κ2) is 11.6. The van der Waals surface area contributed by atoms with Crippen molar-refractivity contribution in [1.29, 1.82) is 0 Å². The van der Waals surface area contributed by atoms with Crippen LogP contribution in [0.1, 0.15) is 37.8 Å². The fraction of sp³-hybridized carbons (Fsp3) is 0.414. The van der Waals surface area contributed by atoms with Gasteiger partial charge in [0.25, 0.3) is 0 Å². The molecule has 4 aromatic rings. The van der Waals surface area contributed by atoms with Crippen molar-refractivity contribution in [3.05, 3.63) is 54.5 Å². The SMILES string of the molecule is CC(c1ccnc(Nc2nc3ccc(-c4cc(N5CCCC5)ncn4)cc3[nH]2)c1)N1CCN(C(=O)CC(F)(F)F)CC1. The summed E-state index contributed by atoms with van der Waals surface area (Å²) in [6.07, 6.45) is -0.215. The third kappa shape index (κ3) is 6.30. The Labute approximate surface area is 241 Å². The molecule has 2 N–H and O–H groups in total. The lowest BCUT2D eigenvalue weighted by molar-refractivity contribution is -0.162. The number of rotatable bonds is 7. The third-order valence-electron chi connectivity index (χ3n) is 7.94. The van der Waals surface area contributed by atoms with Gasteiger partial charge in [-0.1, -0.05) is 6.07 Å². The molecule has 2 aliphatic heterocycles. The van der Waals surface area contributed by atoms with Crippen molar-refractivity contribution in [2.24, 2.45) is 0 Å². The minimum atomic E-state index is -4.49. The average molecular weight is 580 g/mol. The molecule has 0 saturated carbocycles. The van der Waals surface area contributed by atoms with Crippen LogP contribution in [-0.2, 0) is 4.79 Å². The van der Waals surface area contributed by atoms with E-state index in [9.17, 15) is 18.0 Å². The first-order valence-electron chi connectivity index (χ1n) is 14.1. The number of carbonyl (C=O) groups is 1. The van der Waals surface area contributed by atoms with Crippen molar-refractivity contribution in [2.45, 2.75) is 38.4 Å². The molecule has 13 heteroatoms. The molecule has 0 radical (unpaired) electrons. The van der Waals surface area contributed by atoms with Crippen molar-refractivity contribution in [1.82, 2.24) is 34.7 Å².